The summed E-state index contributed by atoms with van der Waals surface area (Å²) in [7, 11) is -2.67. The molecule has 1 aliphatic carbocycles. The largest absolute Gasteiger partial charge is 0.497 e. The molecule has 9 nitrogen and oxygen atoms in total. The molecule has 1 saturated carbocycles. The van der Waals surface area contributed by atoms with Gasteiger partial charge in [0.15, 0.2) is 0 Å². The van der Waals surface area contributed by atoms with Crippen LogP contribution in [0.2, 0.25) is 0 Å². The van der Waals surface area contributed by atoms with Crippen molar-refractivity contribution in [1.29, 1.82) is 0 Å². The van der Waals surface area contributed by atoms with Gasteiger partial charge in [-0.05, 0) is 73.6 Å². The highest BCUT2D eigenvalue weighted by molar-refractivity contribution is 7.89. The van der Waals surface area contributed by atoms with Gasteiger partial charge in [0.1, 0.15) is 18.5 Å². The molecule has 0 aliphatic heterocycles. The number of amides is 1. The average Bonchev–Trinajstić information content (AvgIpc) is 2.88. The van der Waals surface area contributed by atoms with Gasteiger partial charge in [-0.2, -0.15) is 4.31 Å². The van der Waals surface area contributed by atoms with Crippen molar-refractivity contribution in [2.24, 2.45) is 5.92 Å². The van der Waals surface area contributed by atoms with Crippen molar-refractivity contribution < 1.29 is 32.3 Å². The fourth-order valence-electron chi connectivity index (χ4n) is 4.31. The van der Waals surface area contributed by atoms with E-state index in [4.69, 9.17) is 9.47 Å². The number of benzene rings is 1. The molecule has 1 aliphatic rings. The molecule has 2 aromatic rings. The third-order valence-corrected chi connectivity index (χ3v) is 7.88. The van der Waals surface area contributed by atoms with E-state index in [0.29, 0.717) is 37.0 Å². The number of hydrogen-bond acceptors (Lipinski definition) is 7. The number of hydroxylamine groups is 1. The number of nitrogens with zero attached hydrogens (tertiary/aromatic N) is 2. The Labute approximate surface area is 211 Å². The van der Waals surface area contributed by atoms with Crippen LogP contribution in [0, 0.1) is 5.92 Å². The van der Waals surface area contributed by atoms with Crippen LogP contribution in [0.1, 0.15) is 31.2 Å². The van der Waals surface area contributed by atoms with E-state index in [-0.39, 0.29) is 42.5 Å². The third kappa shape index (κ3) is 7.34. The predicted octanol–water partition coefficient (Wildman–Crippen LogP) is 3.12. The van der Waals surface area contributed by atoms with E-state index in [1.165, 1.54) is 31.4 Å². The summed E-state index contributed by atoms with van der Waals surface area (Å²) < 4.78 is 51.8. The van der Waals surface area contributed by atoms with Gasteiger partial charge in [-0.25, -0.2) is 18.3 Å². The topological polar surface area (TPSA) is 118 Å². The Bertz CT molecular complexity index is 1020. The number of carbonyl (C=O) groups is 1. The number of pyridine rings is 1. The van der Waals surface area contributed by atoms with Crippen LogP contribution in [0.4, 0.5) is 4.39 Å². The van der Waals surface area contributed by atoms with Crippen LogP contribution in [0.25, 0.3) is 0 Å². The van der Waals surface area contributed by atoms with Crippen LogP contribution >= 0.6 is 12.4 Å². The molecule has 1 atom stereocenters. The summed E-state index contributed by atoms with van der Waals surface area (Å²) in [5, 5.41) is 9.51. The summed E-state index contributed by atoms with van der Waals surface area (Å²) in [6.45, 7) is -0.654. The summed E-state index contributed by atoms with van der Waals surface area (Å²) in [5.41, 5.74) is 2.30. The third-order valence-electron chi connectivity index (χ3n) is 6.04. The Morgan fingerprint density at radius 3 is 2.34 bits per heavy atom. The van der Waals surface area contributed by atoms with Gasteiger partial charge in [0, 0.05) is 18.9 Å². The highest BCUT2D eigenvalue weighted by Gasteiger charge is 2.42. The zero-order chi connectivity index (χ0) is 24.6. The second kappa shape index (κ2) is 13.7. The van der Waals surface area contributed by atoms with Gasteiger partial charge >= 0.3 is 0 Å². The van der Waals surface area contributed by atoms with Crippen molar-refractivity contribution in [3.8, 4) is 5.75 Å². The number of halogens is 2. The van der Waals surface area contributed by atoms with Crippen molar-refractivity contribution in [3.05, 3.63) is 54.4 Å². The number of alkyl halides is 1. The first-order chi connectivity index (χ1) is 16.4. The summed E-state index contributed by atoms with van der Waals surface area (Å²) in [4.78, 5) is 16.9. The van der Waals surface area contributed by atoms with Gasteiger partial charge in [0.05, 0.1) is 24.7 Å². The first kappa shape index (κ1) is 28.9. The monoisotopic (exact) mass is 531 g/mol. The minimum absolute atomic E-state index is 0. The van der Waals surface area contributed by atoms with E-state index in [1.807, 2.05) is 0 Å². The lowest BCUT2D eigenvalue weighted by atomic mass is 9.82. The number of aromatic nitrogens is 1. The van der Waals surface area contributed by atoms with E-state index in [9.17, 15) is 22.8 Å². The SMILES string of the molecule is COc1ccc(S(=O)(=O)N(Cc2ccncc2)[C@@H](C(=O)NO)C2CCC(OCCF)CC2)cc1.Cl. The molecule has 0 radical (unpaired) electrons. The Kier molecular flexibility index (Phi) is 11.3. The van der Waals surface area contributed by atoms with Crippen molar-refractivity contribution in [1.82, 2.24) is 14.8 Å². The fraction of sp³-hybridized carbons (Fsp3) is 0.478. The lowest BCUT2D eigenvalue weighted by molar-refractivity contribution is -0.136. The second-order valence-electron chi connectivity index (χ2n) is 8.10. The molecule has 3 rings (SSSR count). The lowest BCUT2D eigenvalue weighted by Crippen LogP contribution is -2.53. The number of ether oxygens (including phenoxy) is 2. The van der Waals surface area contributed by atoms with Crippen molar-refractivity contribution >= 4 is 28.3 Å². The Hall–Kier alpha value is -2.31. The smallest absolute Gasteiger partial charge is 0.262 e. The van der Waals surface area contributed by atoms with Gasteiger partial charge in [-0.1, -0.05) is 0 Å². The standard InChI is InChI=1S/C23H30FN3O6S.ClH/c1-32-19-6-8-21(9-7-19)34(30,31)27(16-17-10-13-25-14-11-17)22(23(28)26-29)18-2-4-20(5-3-18)33-15-12-24;/h6-11,13-14,18,20,22,29H,2-5,12,15-16H2,1H3,(H,26,28);1H/t18?,20?,22-;/m1./s1. The van der Waals surface area contributed by atoms with Crippen LogP contribution in [-0.2, 0) is 26.1 Å². The Balaban J connectivity index is 0.00000432. The molecular formula is C23H31ClFN3O6S. The highest BCUT2D eigenvalue weighted by atomic mass is 35.5. The van der Waals surface area contributed by atoms with Gasteiger partial charge in [-0.15, -0.1) is 12.4 Å². The number of methoxy groups -OCH3 is 1. The van der Waals surface area contributed by atoms with Gasteiger partial charge < -0.3 is 9.47 Å². The number of sulfonamides is 1. The number of rotatable bonds is 11. The van der Waals surface area contributed by atoms with Crippen molar-refractivity contribution in [2.75, 3.05) is 20.4 Å². The minimum Gasteiger partial charge on any atom is -0.497 e. The van der Waals surface area contributed by atoms with E-state index in [1.54, 1.807) is 30.0 Å². The van der Waals surface area contributed by atoms with Gasteiger partial charge in [-0.3, -0.25) is 15.0 Å². The Morgan fingerprint density at radius 2 is 1.80 bits per heavy atom. The van der Waals surface area contributed by atoms with Crippen LogP contribution in [0.3, 0.4) is 0 Å². The van der Waals surface area contributed by atoms with E-state index >= 15 is 0 Å². The predicted molar refractivity (Wildman–Crippen MR) is 129 cm³/mol. The maximum Gasteiger partial charge on any atom is 0.262 e. The van der Waals surface area contributed by atoms with E-state index in [0.717, 1.165) is 4.31 Å². The Morgan fingerprint density at radius 1 is 1.17 bits per heavy atom. The summed E-state index contributed by atoms with van der Waals surface area (Å²) in [6.07, 6.45) is 5.04. The fourth-order valence-corrected chi connectivity index (χ4v) is 5.95. The zero-order valence-electron chi connectivity index (χ0n) is 19.4. The molecule has 0 bridgehead atoms. The van der Waals surface area contributed by atoms with Crippen molar-refractivity contribution in [3.63, 3.8) is 0 Å². The molecule has 2 N–H and O–H groups in total. The maximum atomic E-state index is 13.8. The van der Waals surface area contributed by atoms with E-state index < -0.39 is 28.6 Å². The molecule has 12 heteroatoms. The summed E-state index contributed by atoms with van der Waals surface area (Å²) >= 11 is 0. The number of carbonyl (C=O) groups excluding carboxylic acids is 1. The molecule has 0 unspecified atom stereocenters. The summed E-state index contributed by atoms with van der Waals surface area (Å²) in [6, 6.07) is 8.09. The number of hydrogen-bond donors (Lipinski definition) is 2. The number of nitrogens with one attached hydrogen (secondary N) is 1. The molecule has 1 heterocycles. The molecule has 1 aromatic heterocycles. The second-order valence-corrected chi connectivity index (χ2v) is 9.99. The van der Waals surface area contributed by atoms with Gasteiger partial charge in [0.25, 0.3) is 5.91 Å². The molecule has 0 spiro atoms. The molecule has 35 heavy (non-hydrogen) atoms. The molecule has 1 fully saturated rings. The first-order valence-corrected chi connectivity index (χ1v) is 12.5. The molecule has 1 amide bonds. The van der Waals surface area contributed by atoms with Crippen LogP contribution in [0.5, 0.6) is 5.75 Å². The van der Waals surface area contributed by atoms with Crippen molar-refractivity contribution in [2.45, 2.75) is 49.3 Å². The van der Waals surface area contributed by atoms with E-state index in [2.05, 4.69) is 4.98 Å². The van der Waals surface area contributed by atoms with Gasteiger partial charge in [0.2, 0.25) is 10.0 Å². The molecule has 1 aromatic carbocycles. The van der Waals surface area contributed by atoms with Crippen LogP contribution < -0.4 is 10.2 Å². The molecular weight excluding hydrogens is 501 g/mol. The van der Waals surface area contributed by atoms with Crippen LogP contribution in [0.15, 0.2) is 53.7 Å². The maximum absolute atomic E-state index is 13.8. The average molecular weight is 532 g/mol. The zero-order valence-corrected chi connectivity index (χ0v) is 21.0. The normalized spacial score (nSPS) is 19.0. The molecule has 194 valence electrons. The van der Waals surface area contributed by atoms with Crippen LogP contribution in [-0.4, -0.2) is 61.4 Å². The lowest BCUT2D eigenvalue weighted by Gasteiger charge is -2.38. The molecule has 0 saturated heterocycles. The highest BCUT2D eigenvalue weighted by Crippen LogP contribution is 2.34. The minimum atomic E-state index is -4.15. The first-order valence-electron chi connectivity index (χ1n) is 11.1. The summed E-state index contributed by atoms with van der Waals surface area (Å²) in [5.74, 6) is -0.678. The quantitative estimate of drug-likeness (QED) is 0.338.